The predicted octanol–water partition coefficient (Wildman–Crippen LogP) is 3.99. The number of halogens is 1. The zero-order valence-electron chi connectivity index (χ0n) is 15.8. The molecule has 3 rings (SSSR count). The van der Waals surface area contributed by atoms with E-state index >= 15 is 0 Å². The Bertz CT molecular complexity index is 1160. The second-order valence-electron chi connectivity index (χ2n) is 5.96. The number of amides is 1. The van der Waals surface area contributed by atoms with Crippen LogP contribution >= 0.6 is 15.9 Å². The van der Waals surface area contributed by atoms with Gasteiger partial charge in [-0.1, -0.05) is 34.1 Å². The third-order valence-electron chi connectivity index (χ3n) is 3.90. The highest BCUT2D eigenvalue weighted by Crippen LogP contribution is 2.23. The van der Waals surface area contributed by atoms with Crippen LogP contribution in [0.3, 0.4) is 0 Å². The first-order chi connectivity index (χ1) is 14.4. The summed E-state index contributed by atoms with van der Waals surface area (Å²) in [4.78, 5) is 12.4. The highest BCUT2D eigenvalue weighted by Gasteiger charge is 2.16. The maximum absolute atomic E-state index is 12.3. The van der Waals surface area contributed by atoms with Gasteiger partial charge in [-0.15, -0.1) is 0 Å². The number of nitrogens with one attached hydrogen (secondary N) is 1. The Morgan fingerprint density at radius 1 is 1.03 bits per heavy atom. The first-order valence-corrected chi connectivity index (χ1v) is 10.9. The molecule has 1 amide bonds. The lowest BCUT2D eigenvalue weighted by molar-refractivity contribution is 0.0952. The van der Waals surface area contributed by atoms with Crippen LogP contribution in [0.25, 0.3) is 0 Å². The molecule has 0 aliphatic rings. The van der Waals surface area contributed by atoms with Crippen LogP contribution in [0.5, 0.6) is 11.5 Å². The predicted molar refractivity (Wildman–Crippen MR) is 116 cm³/mol. The summed E-state index contributed by atoms with van der Waals surface area (Å²) in [5, 5.41) is 3.92. The maximum atomic E-state index is 12.3. The quantitative estimate of drug-likeness (QED) is 0.308. The van der Waals surface area contributed by atoms with E-state index in [2.05, 4.69) is 26.5 Å². The summed E-state index contributed by atoms with van der Waals surface area (Å²) in [7, 11) is -2.42. The van der Waals surface area contributed by atoms with Crippen LogP contribution in [-0.4, -0.2) is 27.6 Å². The number of benzene rings is 3. The smallest absolute Gasteiger partial charge is 0.339 e. The Hall–Kier alpha value is -3.17. The van der Waals surface area contributed by atoms with Gasteiger partial charge in [-0.05, 0) is 60.2 Å². The van der Waals surface area contributed by atoms with Gasteiger partial charge in [0.2, 0.25) is 0 Å². The van der Waals surface area contributed by atoms with Crippen molar-refractivity contribution in [2.45, 2.75) is 4.90 Å². The number of nitrogens with zero attached hydrogens (tertiary/aromatic N) is 1. The van der Waals surface area contributed by atoms with E-state index in [-0.39, 0.29) is 10.6 Å². The fourth-order valence-electron chi connectivity index (χ4n) is 2.45. The fourth-order valence-corrected chi connectivity index (χ4v) is 3.77. The van der Waals surface area contributed by atoms with E-state index in [9.17, 15) is 13.2 Å². The summed E-state index contributed by atoms with van der Waals surface area (Å²) in [6.07, 6.45) is 1.43. The van der Waals surface area contributed by atoms with Crippen molar-refractivity contribution in [1.29, 1.82) is 0 Å². The molecule has 0 aromatic heterocycles. The average Bonchev–Trinajstić information content (AvgIpc) is 2.75. The molecule has 9 heteroatoms. The van der Waals surface area contributed by atoms with E-state index in [4.69, 9.17) is 8.92 Å². The lowest BCUT2D eigenvalue weighted by atomic mass is 10.2. The first-order valence-electron chi connectivity index (χ1n) is 8.65. The van der Waals surface area contributed by atoms with Gasteiger partial charge in [-0.2, -0.15) is 13.5 Å². The normalized spacial score (nSPS) is 11.3. The SMILES string of the molecule is COc1ccc(Br)cc1C(=O)N/N=C/c1ccc(OS(=O)(=O)c2ccccc2)cc1. The van der Waals surface area contributed by atoms with Crippen LogP contribution in [0.1, 0.15) is 15.9 Å². The van der Waals surface area contributed by atoms with Crippen molar-refractivity contribution in [1.82, 2.24) is 5.43 Å². The van der Waals surface area contributed by atoms with Gasteiger partial charge < -0.3 is 8.92 Å². The zero-order chi connectivity index (χ0) is 21.6. The first kappa shape index (κ1) is 21.5. The third-order valence-corrected chi connectivity index (χ3v) is 5.66. The van der Waals surface area contributed by atoms with Gasteiger partial charge in [0.25, 0.3) is 5.91 Å². The number of carbonyl (C=O) groups excluding carboxylic acids is 1. The van der Waals surface area contributed by atoms with E-state index in [1.54, 1.807) is 48.5 Å². The Morgan fingerprint density at radius 3 is 2.40 bits per heavy atom. The van der Waals surface area contributed by atoms with Crippen LogP contribution in [-0.2, 0) is 10.1 Å². The molecule has 154 valence electrons. The van der Waals surface area contributed by atoms with E-state index in [0.717, 1.165) is 4.47 Å². The largest absolute Gasteiger partial charge is 0.496 e. The lowest BCUT2D eigenvalue weighted by Gasteiger charge is -2.07. The minimum Gasteiger partial charge on any atom is -0.496 e. The summed E-state index contributed by atoms with van der Waals surface area (Å²) in [6.45, 7) is 0. The molecular weight excluding hydrogens is 472 g/mol. The Kier molecular flexibility index (Phi) is 6.86. The highest BCUT2D eigenvalue weighted by atomic mass is 79.9. The number of ether oxygens (including phenoxy) is 1. The number of hydrazone groups is 1. The van der Waals surface area contributed by atoms with Crippen molar-refractivity contribution in [2.24, 2.45) is 5.10 Å². The molecule has 0 spiro atoms. The van der Waals surface area contributed by atoms with E-state index in [0.29, 0.717) is 16.9 Å². The number of hydrogen-bond donors (Lipinski definition) is 1. The molecule has 0 heterocycles. The molecule has 0 aliphatic heterocycles. The van der Waals surface area contributed by atoms with Gasteiger partial charge in [0.1, 0.15) is 16.4 Å². The maximum Gasteiger partial charge on any atom is 0.339 e. The molecule has 30 heavy (non-hydrogen) atoms. The van der Waals surface area contributed by atoms with Crippen molar-refractivity contribution in [3.63, 3.8) is 0 Å². The lowest BCUT2D eigenvalue weighted by Crippen LogP contribution is -2.18. The van der Waals surface area contributed by atoms with E-state index in [1.165, 1.54) is 37.6 Å². The monoisotopic (exact) mass is 488 g/mol. The van der Waals surface area contributed by atoms with Gasteiger partial charge >= 0.3 is 10.1 Å². The third kappa shape index (κ3) is 5.46. The molecule has 0 saturated heterocycles. The molecule has 3 aromatic carbocycles. The molecule has 0 saturated carbocycles. The molecular formula is C21H17BrN2O5S. The van der Waals surface area contributed by atoms with Crippen LogP contribution < -0.4 is 14.3 Å². The Balaban J connectivity index is 1.64. The number of methoxy groups -OCH3 is 1. The molecule has 0 bridgehead atoms. The minimum atomic E-state index is -3.90. The Morgan fingerprint density at radius 2 is 1.73 bits per heavy atom. The summed E-state index contributed by atoms with van der Waals surface area (Å²) in [5.41, 5.74) is 3.40. The van der Waals surface area contributed by atoms with Gasteiger partial charge in [0.05, 0.1) is 18.9 Å². The van der Waals surface area contributed by atoms with Crippen molar-refractivity contribution in [3.05, 3.63) is 88.4 Å². The molecule has 3 aromatic rings. The summed E-state index contributed by atoms with van der Waals surface area (Å²) >= 11 is 3.31. The molecule has 0 atom stereocenters. The van der Waals surface area contributed by atoms with Crippen LogP contribution in [0.4, 0.5) is 0 Å². The summed E-state index contributed by atoms with van der Waals surface area (Å²) < 4.78 is 35.5. The Labute approximate surface area is 182 Å². The summed E-state index contributed by atoms with van der Waals surface area (Å²) in [5.74, 6) is 0.157. The number of carbonyl (C=O) groups is 1. The number of hydrogen-bond acceptors (Lipinski definition) is 6. The highest BCUT2D eigenvalue weighted by molar-refractivity contribution is 9.10. The van der Waals surface area contributed by atoms with Crippen LogP contribution in [0, 0.1) is 0 Å². The average molecular weight is 489 g/mol. The molecule has 0 unspecified atom stereocenters. The van der Waals surface area contributed by atoms with Crippen molar-refractivity contribution < 1.29 is 22.1 Å². The topological polar surface area (TPSA) is 94.1 Å². The van der Waals surface area contributed by atoms with Gasteiger partial charge in [0.15, 0.2) is 0 Å². The fraction of sp³-hybridized carbons (Fsp3) is 0.0476. The summed E-state index contributed by atoms with van der Waals surface area (Å²) in [6, 6.07) is 19.2. The second-order valence-corrected chi connectivity index (χ2v) is 8.43. The van der Waals surface area contributed by atoms with Gasteiger partial charge in [0, 0.05) is 4.47 Å². The molecule has 0 radical (unpaired) electrons. The van der Waals surface area contributed by atoms with E-state index in [1.807, 2.05) is 0 Å². The standard InChI is InChI=1S/C21H17BrN2O5S/c1-28-20-12-9-16(22)13-19(20)21(25)24-23-14-15-7-10-17(11-8-15)29-30(26,27)18-5-3-2-4-6-18/h2-14H,1H3,(H,24,25)/b23-14+. The minimum absolute atomic E-state index is 0.0707. The van der Waals surface area contributed by atoms with Crippen molar-refractivity contribution >= 4 is 38.2 Å². The van der Waals surface area contributed by atoms with Crippen molar-refractivity contribution in [3.8, 4) is 11.5 Å². The van der Waals surface area contributed by atoms with Crippen molar-refractivity contribution in [2.75, 3.05) is 7.11 Å². The van der Waals surface area contributed by atoms with Crippen LogP contribution in [0.15, 0.2) is 87.3 Å². The van der Waals surface area contributed by atoms with E-state index < -0.39 is 16.0 Å². The van der Waals surface area contributed by atoms with Gasteiger partial charge in [-0.3, -0.25) is 4.79 Å². The molecule has 7 nitrogen and oxygen atoms in total. The molecule has 0 fully saturated rings. The number of rotatable bonds is 7. The molecule has 0 aliphatic carbocycles. The zero-order valence-corrected chi connectivity index (χ0v) is 18.2. The second kappa shape index (κ2) is 9.55. The van der Waals surface area contributed by atoms with Crippen LogP contribution in [0.2, 0.25) is 0 Å². The van der Waals surface area contributed by atoms with Gasteiger partial charge in [-0.25, -0.2) is 5.43 Å². The molecule has 1 N–H and O–H groups in total.